The van der Waals surface area contributed by atoms with Crippen molar-refractivity contribution in [2.45, 2.75) is 19.1 Å². The summed E-state index contributed by atoms with van der Waals surface area (Å²) in [5.74, 6) is -0.138. The normalized spacial score (nSPS) is 18.8. The van der Waals surface area contributed by atoms with Crippen LogP contribution in [0.3, 0.4) is 0 Å². The van der Waals surface area contributed by atoms with Gasteiger partial charge < -0.3 is 5.32 Å². The number of rotatable bonds is 3. The molecular weight excluding hydrogens is 269 g/mol. The monoisotopic (exact) mass is 286 g/mol. The minimum Gasteiger partial charge on any atom is -0.314 e. The van der Waals surface area contributed by atoms with Crippen LogP contribution in [0.2, 0.25) is 0 Å². The number of hydrogen-bond donors (Lipinski definition) is 1. The van der Waals surface area contributed by atoms with Crippen molar-refractivity contribution < 1.29 is 18.0 Å². The Balaban J connectivity index is 2.08. The van der Waals surface area contributed by atoms with Gasteiger partial charge in [-0.1, -0.05) is 12.1 Å². The van der Waals surface area contributed by atoms with Crippen molar-refractivity contribution in [3.63, 3.8) is 0 Å². The number of Topliss-reactive ketones (excluding diaryl/α,β-unsaturated/α-hetero) is 1. The molecule has 1 unspecified atom stereocenters. The first-order valence-corrected chi connectivity index (χ1v) is 6.56. The average molecular weight is 286 g/mol. The van der Waals surface area contributed by atoms with Crippen LogP contribution >= 0.6 is 0 Å². The van der Waals surface area contributed by atoms with Gasteiger partial charge in [0.2, 0.25) is 0 Å². The van der Waals surface area contributed by atoms with E-state index in [9.17, 15) is 18.0 Å². The average Bonchev–Trinajstić information content (AvgIpc) is 2.46. The molecule has 1 saturated heterocycles. The van der Waals surface area contributed by atoms with E-state index in [0.29, 0.717) is 5.56 Å². The molecule has 110 valence electrons. The number of alkyl halides is 3. The Hall–Kier alpha value is -1.40. The fraction of sp³-hybridized carbons (Fsp3) is 0.500. The summed E-state index contributed by atoms with van der Waals surface area (Å²) in [6.45, 7) is 4.99. The van der Waals surface area contributed by atoms with Crippen LogP contribution in [-0.2, 0) is 6.18 Å². The molecule has 1 aromatic rings. The Morgan fingerprint density at radius 3 is 2.25 bits per heavy atom. The lowest BCUT2D eigenvalue weighted by Crippen LogP contribution is -2.50. The van der Waals surface area contributed by atoms with Crippen molar-refractivity contribution in [2.24, 2.45) is 0 Å². The fourth-order valence-electron chi connectivity index (χ4n) is 2.30. The lowest BCUT2D eigenvalue weighted by Gasteiger charge is -2.31. The van der Waals surface area contributed by atoms with E-state index in [-0.39, 0.29) is 11.8 Å². The van der Waals surface area contributed by atoms with Gasteiger partial charge in [-0.2, -0.15) is 13.2 Å². The molecule has 3 nitrogen and oxygen atoms in total. The molecule has 0 amide bonds. The predicted octanol–water partition coefficient (Wildman–Crippen LogP) is 2.18. The van der Waals surface area contributed by atoms with Crippen LogP contribution in [0.1, 0.15) is 22.8 Å². The molecule has 0 bridgehead atoms. The van der Waals surface area contributed by atoms with Crippen LogP contribution < -0.4 is 5.32 Å². The molecule has 2 rings (SSSR count). The fourth-order valence-corrected chi connectivity index (χ4v) is 2.30. The van der Waals surface area contributed by atoms with E-state index in [1.165, 1.54) is 12.1 Å². The number of carbonyl (C=O) groups is 1. The standard InChI is InChI=1S/C14H17F3N2O/c1-10(19-8-6-18-7-9-19)13(20)11-2-4-12(5-3-11)14(15,16)17/h2-5,10,18H,6-9H2,1H3. The second kappa shape index (κ2) is 5.93. The second-order valence-electron chi connectivity index (χ2n) is 4.90. The molecule has 1 fully saturated rings. The highest BCUT2D eigenvalue weighted by molar-refractivity contribution is 5.99. The zero-order valence-corrected chi connectivity index (χ0v) is 11.2. The van der Waals surface area contributed by atoms with Gasteiger partial charge in [-0.05, 0) is 19.1 Å². The van der Waals surface area contributed by atoms with Crippen molar-refractivity contribution in [3.05, 3.63) is 35.4 Å². The zero-order chi connectivity index (χ0) is 14.8. The molecule has 0 aliphatic carbocycles. The van der Waals surface area contributed by atoms with E-state index in [1.807, 2.05) is 4.90 Å². The first kappa shape index (κ1) is 15.0. The predicted molar refractivity (Wildman–Crippen MR) is 69.7 cm³/mol. The van der Waals surface area contributed by atoms with Crippen LogP contribution in [0.25, 0.3) is 0 Å². The second-order valence-corrected chi connectivity index (χ2v) is 4.90. The number of carbonyl (C=O) groups excluding carboxylic acids is 1. The van der Waals surface area contributed by atoms with Crippen LogP contribution in [0.5, 0.6) is 0 Å². The molecule has 0 aromatic heterocycles. The van der Waals surface area contributed by atoms with Crippen LogP contribution in [0, 0.1) is 0 Å². The lowest BCUT2D eigenvalue weighted by molar-refractivity contribution is -0.137. The maximum absolute atomic E-state index is 12.5. The SMILES string of the molecule is CC(C(=O)c1ccc(C(F)(F)F)cc1)N1CCNCC1. The molecule has 1 aromatic carbocycles. The quantitative estimate of drug-likeness (QED) is 0.864. The van der Waals surface area contributed by atoms with Gasteiger partial charge in [0.25, 0.3) is 0 Å². The zero-order valence-electron chi connectivity index (χ0n) is 11.2. The van der Waals surface area contributed by atoms with Crippen molar-refractivity contribution >= 4 is 5.78 Å². The molecule has 1 N–H and O–H groups in total. The molecule has 0 spiro atoms. The number of piperazine rings is 1. The van der Waals surface area contributed by atoms with E-state index in [2.05, 4.69) is 5.32 Å². The third kappa shape index (κ3) is 3.37. The summed E-state index contributed by atoms with van der Waals surface area (Å²) in [5, 5.41) is 3.19. The Morgan fingerprint density at radius 2 is 1.75 bits per heavy atom. The van der Waals surface area contributed by atoms with E-state index in [4.69, 9.17) is 0 Å². The molecule has 1 atom stereocenters. The maximum atomic E-state index is 12.5. The van der Waals surface area contributed by atoms with Crippen molar-refractivity contribution in [1.82, 2.24) is 10.2 Å². The third-order valence-corrected chi connectivity index (χ3v) is 3.58. The van der Waals surface area contributed by atoms with Gasteiger partial charge in [0.1, 0.15) is 0 Å². The highest BCUT2D eigenvalue weighted by atomic mass is 19.4. The Morgan fingerprint density at radius 1 is 1.20 bits per heavy atom. The molecule has 1 aliphatic rings. The van der Waals surface area contributed by atoms with Crippen molar-refractivity contribution in [3.8, 4) is 0 Å². The summed E-state index contributed by atoms with van der Waals surface area (Å²) < 4.78 is 37.4. The molecule has 0 saturated carbocycles. The number of nitrogens with zero attached hydrogens (tertiary/aromatic N) is 1. The maximum Gasteiger partial charge on any atom is 0.416 e. The smallest absolute Gasteiger partial charge is 0.314 e. The minimum absolute atomic E-state index is 0.138. The van der Waals surface area contributed by atoms with Gasteiger partial charge in [0.05, 0.1) is 11.6 Å². The summed E-state index contributed by atoms with van der Waals surface area (Å²) in [7, 11) is 0. The highest BCUT2D eigenvalue weighted by Gasteiger charge is 2.31. The van der Waals surface area contributed by atoms with Crippen LogP contribution in [0.15, 0.2) is 24.3 Å². The molecule has 20 heavy (non-hydrogen) atoms. The van der Waals surface area contributed by atoms with Gasteiger partial charge in [-0.15, -0.1) is 0 Å². The van der Waals surface area contributed by atoms with E-state index in [0.717, 1.165) is 38.3 Å². The lowest BCUT2D eigenvalue weighted by atomic mass is 10.0. The highest BCUT2D eigenvalue weighted by Crippen LogP contribution is 2.29. The molecule has 0 radical (unpaired) electrons. The number of hydrogen-bond acceptors (Lipinski definition) is 3. The van der Waals surface area contributed by atoms with Gasteiger partial charge in [0, 0.05) is 31.7 Å². The van der Waals surface area contributed by atoms with Gasteiger partial charge in [0.15, 0.2) is 5.78 Å². The summed E-state index contributed by atoms with van der Waals surface area (Å²) in [6.07, 6.45) is -4.37. The van der Waals surface area contributed by atoms with Crippen LogP contribution in [-0.4, -0.2) is 42.9 Å². The van der Waals surface area contributed by atoms with Gasteiger partial charge in [-0.25, -0.2) is 0 Å². The number of benzene rings is 1. The summed E-state index contributed by atoms with van der Waals surface area (Å²) in [6, 6.07) is 4.11. The largest absolute Gasteiger partial charge is 0.416 e. The van der Waals surface area contributed by atoms with Crippen molar-refractivity contribution in [1.29, 1.82) is 0 Å². The van der Waals surface area contributed by atoms with Gasteiger partial charge >= 0.3 is 6.18 Å². The summed E-state index contributed by atoms with van der Waals surface area (Å²) >= 11 is 0. The Bertz CT molecular complexity index is 464. The van der Waals surface area contributed by atoms with Crippen LogP contribution in [0.4, 0.5) is 13.2 Å². The molecule has 1 heterocycles. The Kier molecular flexibility index (Phi) is 4.45. The Labute approximate surface area is 115 Å². The first-order valence-electron chi connectivity index (χ1n) is 6.56. The third-order valence-electron chi connectivity index (χ3n) is 3.58. The number of nitrogens with one attached hydrogen (secondary N) is 1. The topological polar surface area (TPSA) is 32.3 Å². The first-order chi connectivity index (χ1) is 9.39. The molecular formula is C14H17F3N2O. The molecule has 1 aliphatic heterocycles. The molecule has 6 heteroatoms. The van der Waals surface area contributed by atoms with Crippen molar-refractivity contribution in [2.75, 3.05) is 26.2 Å². The summed E-state index contributed by atoms with van der Waals surface area (Å²) in [4.78, 5) is 14.3. The summed E-state index contributed by atoms with van der Waals surface area (Å²) in [5.41, 5.74) is -0.409. The number of halogens is 3. The van der Waals surface area contributed by atoms with E-state index in [1.54, 1.807) is 6.92 Å². The van der Waals surface area contributed by atoms with E-state index >= 15 is 0 Å². The number of ketones is 1. The minimum atomic E-state index is -4.37. The van der Waals surface area contributed by atoms with Gasteiger partial charge in [-0.3, -0.25) is 9.69 Å². The van der Waals surface area contributed by atoms with E-state index < -0.39 is 11.7 Å².